The lowest BCUT2D eigenvalue weighted by Crippen LogP contribution is -2.28. The molecule has 0 aliphatic heterocycles. The average molecular weight is 520 g/mol. The summed E-state index contributed by atoms with van der Waals surface area (Å²) >= 11 is 0. The number of fused-ring (bicyclic) bond motifs is 1. The molecular weight excluding hydrogens is 503 g/mol. The molecule has 1 aromatic heterocycles. The Labute approximate surface area is 212 Å². The number of hydrogen-bond acceptors (Lipinski definition) is 9. The Hall–Kier alpha value is -5.53. The number of halogens is 1. The van der Waals surface area contributed by atoms with Crippen LogP contribution in [0.1, 0.15) is 21.6 Å². The van der Waals surface area contributed by atoms with Crippen molar-refractivity contribution in [1.29, 1.82) is 0 Å². The summed E-state index contributed by atoms with van der Waals surface area (Å²) in [7, 11) is 1.14. The van der Waals surface area contributed by atoms with Gasteiger partial charge >= 0.3 is 5.69 Å². The zero-order valence-corrected chi connectivity index (χ0v) is 19.6. The summed E-state index contributed by atoms with van der Waals surface area (Å²) in [4.78, 5) is 52.0. The highest BCUT2D eigenvalue weighted by Crippen LogP contribution is 2.39. The number of aromatic nitrogens is 2. The van der Waals surface area contributed by atoms with E-state index in [1.54, 1.807) is 24.3 Å². The molecule has 14 heteroatoms. The number of oxime groups is 1. The van der Waals surface area contributed by atoms with Crippen LogP contribution in [0.3, 0.4) is 0 Å². The molecule has 4 aromatic rings. The number of H-pyrrole nitrogens is 1. The summed E-state index contributed by atoms with van der Waals surface area (Å²) in [5.74, 6) is -2.38. The van der Waals surface area contributed by atoms with Gasteiger partial charge in [-0.2, -0.15) is 5.10 Å². The number of aromatic amines is 1. The highest BCUT2D eigenvalue weighted by Gasteiger charge is 2.31. The fraction of sp³-hybridized carbons (Fsp3) is 0.0833. The van der Waals surface area contributed by atoms with Crippen molar-refractivity contribution in [3.05, 3.63) is 108 Å². The monoisotopic (exact) mass is 520 g/mol. The van der Waals surface area contributed by atoms with Gasteiger partial charge < -0.3 is 9.74 Å². The maximum absolute atomic E-state index is 14.8. The summed E-state index contributed by atoms with van der Waals surface area (Å²) < 4.78 is 14.8. The van der Waals surface area contributed by atoms with Crippen LogP contribution in [0.15, 0.2) is 64.5 Å². The van der Waals surface area contributed by atoms with E-state index < -0.39 is 49.9 Å². The maximum Gasteiger partial charge on any atom is 0.321 e. The summed E-state index contributed by atoms with van der Waals surface area (Å²) in [5, 5.41) is 33.6. The standard InChI is InChI=1S/C24H17FN6O7/c1-26-38-22-12-19(20(30(34)35)11-21(22)31(36)37)29(2)24(33)16-9-13(7-8-17(16)25)10-18-14-5-3-4-6-15(14)23(32)28-27-18/h3-9,11-12H,1,10H2,2H3,(H,28,32). The normalized spacial score (nSPS) is 10.7. The van der Waals surface area contributed by atoms with E-state index >= 15 is 0 Å². The van der Waals surface area contributed by atoms with Crippen LogP contribution in [0.4, 0.5) is 21.5 Å². The van der Waals surface area contributed by atoms with Crippen LogP contribution in [0, 0.1) is 26.0 Å². The molecule has 0 saturated heterocycles. The van der Waals surface area contributed by atoms with E-state index in [9.17, 15) is 34.2 Å². The fourth-order valence-corrected chi connectivity index (χ4v) is 3.88. The molecule has 3 aromatic carbocycles. The number of anilines is 1. The first-order valence-corrected chi connectivity index (χ1v) is 10.7. The van der Waals surface area contributed by atoms with Crippen LogP contribution in [-0.2, 0) is 6.42 Å². The first-order chi connectivity index (χ1) is 18.1. The molecule has 38 heavy (non-hydrogen) atoms. The van der Waals surface area contributed by atoms with Crippen LogP contribution in [0.5, 0.6) is 5.75 Å². The number of nitro benzene ring substituents is 2. The minimum Gasteiger partial charge on any atom is -0.350 e. The zero-order valence-electron chi connectivity index (χ0n) is 19.6. The van der Waals surface area contributed by atoms with E-state index in [1.807, 2.05) is 0 Å². The lowest BCUT2D eigenvalue weighted by atomic mass is 10.0. The molecule has 0 bridgehead atoms. The predicted molar refractivity (Wildman–Crippen MR) is 134 cm³/mol. The lowest BCUT2D eigenvalue weighted by Gasteiger charge is -2.19. The third kappa shape index (κ3) is 4.77. The third-order valence-corrected chi connectivity index (χ3v) is 5.69. The number of amides is 1. The van der Waals surface area contributed by atoms with Gasteiger partial charge in [-0.1, -0.05) is 29.4 Å². The molecule has 4 rings (SSSR count). The molecular formula is C24H17FN6O7. The predicted octanol–water partition coefficient (Wildman–Crippen LogP) is 3.74. The van der Waals surface area contributed by atoms with Crippen molar-refractivity contribution in [1.82, 2.24) is 10.2 Å². The lowest BCUT2D eigenvalue weighted by molar-refractivity contribution is -0.394. The Morgan fingerprint density at radius 1 is 1.11 bits per heavy atom. The molecule has 1 amide bonds. The van der Waals surface area contributed by atoms with Crippen molar-refractivity contribution in [3.63, 3.8) is 0 Å². The summed E-state index contributed by atoms with van der Waals surface area (Å²) in [6.45, 7) is 3.07. The van der Waals surface area contributed by atoms with Gasteiger partial charge in [0.2, 0.25) is 5.75 Å². The smallest absolute Gasteiger partial charge is 0.321 e. The third-order valence-electron chi connectivity index (χ3n) is 5.69. The minimum atomic E-state index is -0.974. The SMILES string of the molecule is C=NOc1cc(N(C)C(=O)c2cc(Cc3n[nH]c(=O)c4ccccc34)ccc2F)c([N+](=O)[O-])cc1[N+](=O)[O-]. The zero-order chi connectivity index (χ0) is 27.6. The molecule has 0 saturated carbocycles. The molecule has 0 unspecified atom stereocenters. The van der Waals surface area contributed by atoms with Gasteiger partial charge in [-0.25, -0.2) is 9.49 Å². The fourth-order valence-electron chi connectivity index (χ4n) is 3.88. The number of benzene rings is 3. The Bertz CT molecular complexity index is 1690. The maximum atomic E-state index is 14.8. The molecule has 13 nitrogen and oxygen atoms in total. The van der Waals surface area contributed by atoms with Gasteiger partial charge in [-0.05, 0) is 23.8 Å². The number of carbonyl (C=O) groups is 1. The first-order valence-electron chi connectivity index (χ1n) is 10.7. The minimum absolute atomic E-state index is 0.127. The molecule has 0 aliphatic carbocycles. The second kappa shape index (κ2) is 10.2. The molecule has 0 spiro atoms. The first kappa shape index (κ1) is 25.6. The topological polar surface area (TPSA) is 174 Å². The van der Waals surface area contributed by atoms with Crippen molar-refractivity contribution < 1.29 is 23.9 Å². The molecule has 0 atom stereocenters. The Balaban J connectivity index is 1.75. The molecule has 1 heterocycles. The average Bonchev–Trinajstić information content (AvgIpc) is 2.90. The van der Waals surface area contributed by atoms with E-state index in [2.05, 4.69) is 22.1 Å². The Kier molecular flexibility index (Phi) is 6.87. The van der Waals surface area contributed by atoms with Crippen LogP contribution in [-0.4, -0.2) is 39.7 Å². The Morgan fingerprint density at radius 3 is 2.45 bits per heavy atom. The van der Waals surface area contributed by atoms with Gasteiger partial charge in [0.1, 0.15) is 17.6 Å². The van der Waals surface area contributed by atoms with Crippen LogP contribution in [0.25, 0.3) is 10.8 Å². The number of nitrogens with one attached hydrogen (secondary N) is 1. The highest BCUT2D eigenvalue weighted by molar-refractivity contribution is 6.07. The Morgan fingerprint density at radius 2 is 1.79 bits per heavy atom. The van der Waals surface area contributed by atoms with E-state index in [4.69, 9.17) is 4.84 Å². The van der Waals surface area contributed by atoms with Crippen molar-refractivity contribution in [2.45, 2.75) is 6.42 Å². The molecule has 0 aliphatic rings. The number of carbonyl (C=O) groups excluding carboxylic acids is 1. The van der Waals surface area contributed by atoms with Gasteiger partial charge in [-0.3, -0.25) is 29.8 Å². The van der Waals surface area contributed by atoms with Crippen molar-refractivity contribution in [2.24, 2.45) is 5.16 Å². The molecule has 192 valence electrons. The van der Waals surface area contributed by atoms with Crippen LogP contribution in [0.2, 0.25) is 0 Å². The summed E-state index contributed by atoms with van der Waals surface area (Å²) in [6, 6.07) is 12.0. The van der Waals surface area contributed by atoms with Crippen LogP contribution < -0.4 is 15.3 Å². The number of nitrogens with zero attached hydrogens (tertiary/aromatic N) is 5. The van der Waals surface area contributed by atoms with Crippen molar-refractivity contribution in [2.75, 3.05) is 11.9 Å². The van der Waals surface area contributed by atoms with E-state index in [1.165, 1.54) is 12.1 Å². The van der Waals surface area contributed by atoms with Gasteiger partial charge in [0.15, 0.2) is 0 Å². The van der Waals surface area contributed by atoms with E-state index in [-0.39, 0.29) is 12.0 Å². The van der Waals surface area contributed by atoms with Gasteiger partial charge in [0.25, 0.3) is 17.2 Å². The molecule has 0 radical (unpaired) electrons. The molecule has 1 N–H and O–H groups in total. The van der Waals surface area contributed by atoms with Gasteiger partial charge in [0, 0.05) is 31.6 Å². The van der Waals surface area contributed by atoms with Crippen LogP contribution >= 0.6 is 0 Å². The quantitative estimate of drug-likeness (QED) is 0.208. The van der Waals surface area contributed by atoms with Crippen molar-refractivity contribution >= 4 is 40.5 Å². The van der Waals surface area contributed by atoms with E-state index in [0.717, 1.165) is 24.1 Å². The summed E-state index contributed by atoms with van der Waals surface area (Å²) in [6.07, 6.45) is 0.127. The largest absolute Gasteiger partial charge is 0.350 e. The number of rotatable bonds is 8. The number of nitro groups is 2. The van der Waals surface area contributed by atoms with E-state index in [0.29, 0.717) is 28.1 Å². The second-order valence-corrected chi connectivity index (χ2v) is 7.94. The van der Waals surface area contributed by atoms with Gasteiger partial charge in [-0.15, -0.1) is 0 Å². The second-order valence-electron chi connectivity index (χ2n) is 7.94. The molecule has 0 fully saturated rings. The number of hydrogen-bond donors (Lipinski definition) is 1. The summed E-state index contributed by atoms with van der Waals surface area (Å²) in [5.41, 5.74) is -1.82. The highest BCUT2D eigenvalue weighted by atomic mass is 19.1. The van der Waals surface area contributed by atoms with Crippen molar-refractivity contribution in [3.8, 4) is 5.75 Å². The van der Waals surface area contributed by atoms with Gasteiger partial charge in [0.05, 0.1) is 26.5 Å².